The molecule has 1 fully saturated rings. The first kappa shape index (κ1) is 37.8. The van der Waals surface area contributed by atoms with E-state index < -0.39 is 0 Å². The highest BCUT2D eigenvalue weighted by Gasteiger charge is 2.20. The number of aryl methyl sites for hydroxylation is 1. The highest BCUT2D eigenvalue weighted by Crippen LogP contribution is 2.36. The van der Waals surface area contributed by atoms with Crippen molar-refractivity contribution >= 4 is 11.6 Å². The lowest BCUT2D eigenvalue weighted by atomic mass is 9.93. The monoisotopic (exact) mass is 735 g/mol. The minimum atomic E-state index is -0.202. The number of aromatic nitrogens is 4. The predicted octanol–water partition coefficient (Wildman–Crippen LogP) is 6.61. The van der Waals surface area contributed by atoms with E-state index in [4.69, 9.17) is 31.1 Å². The number of aliphatic hydroxyl groups excluding tert-OH is 1. The molecule has 0 unspecified atom stereocenters. The second-order valence-corrected chi connectivity index (χ2v) is 13.8. The van der Waals surface area contributed by atoms with Crippen LogP contribution in [0.2, 0.25) is 5.02 Å². The molecule has 1 aliphatic heterocycles. The number of β-amino-alcohol motifs (C(OH)–C–C–N with tert-alkyl or cyclic N) is 1. The molecule has 53 heavy (non-hydrogen) atoms. The van der Waals surface area contributed by atoms with Crippen LogP contribution in [0.3, 0.4) is 0 Å². The van der Waals surface area contributed by atoms with Gasteiger partial charge in [0, 0.05) is 63.3 Å². The van der Waals surface area contributed by atoms with Crippen LogP contribution in [0.5, 0.6) is 17.2 Å². The molecular weight excluding hydrogens is 690 g/mol. The van der Waals surface area contributed by atoms with Crippen LogP contribution in [0, 0.1) is 32.1 Å². The minimum absolute atomic E-state index is 0.129. The number of nitrogens with zero attached hydrogens (tertiary/aromatic N) is 6. The molecule has 0 saturated carbocycles. The Balaban J connectivity index is 1.15. The van der Waals surface area contributed by atoms with Gasteiger partial charge in [-0.3, -0.25) is 0 Å². The van der Waals surface area contributed by atoms with Crippen LogP contribution in [0.25, 0.3) is 11.1 Å². The minimum Gasteiger partial charge on any atom is -0.493 e. The maximum atomic E-state index is 9.80. The third kappa shape index (κ3) is 9.52. The van der Waals surface area contributed by atoms with Gasteiger partial charge in [0.1, 0.15) is 36.5 Å². The number of aliphatic hydroxyl groups is 1. The van der Waals surface area contributed by atoms with E-state index in [2.05, 4.69) is 63.3 Å². The van der Waals surface area contributed by atoms with E-state index in [-0.39, 0.29) is 18.5 Å². The number of halogens is 1. The lowest BCUT2D eigenvalue weighted by Crippen LogP contribution is -2.24. The number of likely N-dealkylation sites (tertiary alicyclic amines) is 1. The maximum Gasteiger partial charge on any atom is 0.232 e. The standard InChI is InChI=1S/C41H46ClN7O4/c1-27-30(8-5-9-34(27)35-10-6-11-38(28(35)2)51-17-7-15-49-16-13-33(50)23-49)24-52-40-19-39(53-25-37-29(3)48(4)26-46-37)31(18-36(40)42)21-44-22-32-12-14-45-41(20-43)47-32/h5-6,8-12,14,18-19,26,33,44,50H,7,13,15-17,21-25H2,1-4H3/t33-/m1/s1. The number of benzene rings is 3. The molecule has 0 radical (unpaired) electrons. The van der Waals surface area contributed by atoms with Gasteiger partial charge in [0.05, 0.1) is 35.4 Å². The summed E-state index contributed by atoms with van der Waals surface area (Å²) in [5.74, 6) is 2.14. The van der Waals surface area contributed by atoms with E-state index in [0.29, 0.717) is 48.5 Å². The molecule has 276 valence electrons. The van der Waals surface area contributed by atoms with Gasteiger partial charge in [-0.05, 0) is 79.6 Å². The second kappa shape index (κ2) is 17.7. The Kier molecular flexibility index (Phi) is 12.6. The normalized spacial score (nSPS) is 14.3. The molecule has 0 aliphatic carbocycles. The SMILES string of the molecule is Cc1c(COc2cc(OCc3ncn(C)c3C)c(CNCc3ccnc(C#N)n3)cc2Cl)cccc1-c1cccc(OCCCN2CC[C@@H](O)C2)c1C. The van der Waals surface area contributed by atoms with Gasteiger partial charge in [-0.25, -0.2) is 15.0 Å². The maximum absolute atomic E-state index is 9.80. The van der Waals surface area contributed by atoms with Crippen molar-refractivity contribution in [3.8, 4) is 34.4 Å². The molecule has 0 amide bonds. The molecule has 3 heterocycles. The van der Waals surface area contributed by atoms with Crippen LogP contribution >= 0.6 is 11.6 Å². The number of hydrogen-bond acceptors (Lipinski definition) is 10. The zero-order valence-corrected chi connectivity index (χ0v) is 31.5. The highest BCUT2D eigenvalue weighted by molar-refractivity contribution is 6.32. The van der Waals surface area contributed by atoms with Crippen molar-refractivity contribution in [3.63, 3.8) is 0 Å². The van der Waals surface area contributed by atoms with Crippen LogP contribution < -0.4 is 19.5 Å². The molecule has 11 nitrogen and oxygen atoms in total. The first-order valence-electron chi connectivity index (χ1n) is 17.9. The summed E-state index contributed by atoms with van der Waals surface area (Å²) in [6.07, 6.45) is 4.90. The number of nitrogens with one attached hydrogen (secondary N) is 1. The lowest BCUT2D eigenvalue weighted by Gasteiger charge is -2.19. The fraction of sp³-hybridized carbons (Fsp3) is 0.366. The molecule has 6 rings (SSSR count). The van der Waals surface area contributed by atoms with Crippen molar-refractivity contribution in [2.24, 2.45) is 7.05 Å². The largest absolute Gasteiger partial charge is 0.493 e. The van der Waals surface area contributed by atoms with Crippen molar-refractivity contribution in [2.45, 2.75) is 66.0 Å². The van der Waals surface area contributed by atoms with Crippen molar-refractivity contribution in [1.82, 2.24) is 29.7 Å². The van der Waals surface area contributed by atoms with Gasteiger partial charge in [0.15, 0.2) is 0 Å². The summed E-state index contributed by atoms with van der Waals surface area (Å²) in [5.41, 5.74) is 8.89. The fourth-order valence-electron chi connectivity index (χ4n) is 6.50. The molecule has 1 atom stereocenters. The summed E-state index contributed by atoms with van der Waals surface area (Å²) in [6, 6.07) is 19.9. The Morgan fingerprint density at radius 2 is 1.72 bits per heavy atom. The number of rotatable bonds is 16. The zero-order valence-electron chi connectivity index (χ0n) is 30.7. The first-order valence-corrected chi connectivity index (χ1v) is 18.3. The smallest absolute Gasteiger partial charge is 0.232 e. The highest BCUT2D eigenvalue weighted by atomic mass is 35.5. The summed E-state index contributed by atoms with van der Waals surface area (Å²) in [6.45, 7) is 10.9. The van der Waals surface area contributed by atoms with Gasteiger partial charge in [-0.2, -0.15) is 5.26 Å². The molecule has 0 spiro atoms. The van der Waals surface area contributed by atoms with E-state index in [1.165, 1.54) is 0 Å². The van der Waals surface area contributed by atoms with Gasteiger partial charge in [-0.15, -0.1) is 0 Å². The predicted molar refractivity (Wildman–Crippen MR) is 204 cm³/mol. The van der Waals surface area contributed by atoms with Gasteiger partial charge < -0.3 is 34.1 Å². The van der Waals surface area contributed by atoms with Crippen LogP contribution in [0.1, 0.15) is 58.0 Å². The molecule has 3 aromatic carbocycles. The molecule has 5 aromatic rings. The summed E-state index contributed by atoms with van der Waals surface area (Å²) in [7, 11) is 1.95. The topological polar surface area (TPSA) is 131 Å². The Bertz CT molecular complexity index is 2080. The van der Waals surface area contributed by atoms with Gasteiger partial charge >= 0.3 is 0 Å². The molecule has 0 bridgehead atoms. The summed E-state index contributed by atoms with van der Waals surface area (Å²) in [4.78, 5) is 15.0. The third-order valence-electron chi connectivity index (χ3n) is 9.77. The number of imidazole rings is 1. The van der Waals surface area contributed by atoms with Gasteiger partial charge in [-0.1, -0.05) is 41.9 Å². The third-order valence-corrected chi connectivity index (χ3v) is 10.1. The van der Waals surface area contributed by atoms with Crippen LogP contribution in [-0.4, -0.2) is 61.9 Å². The molecular formula is C41H46ClN7O4. The summed E-state index contributed by atoms with van der Waals surface area (Å²) >= 11 is 6.84. The van der Waals surface area contributed by atoms with Gasteiger partial charge in [0.2, 0.25) is 5.82 Å². The molecule has 1 aliphatic rings. The van der Waals surface area contributed by atoms with E-state index in [1.807, 2.05) is 48.9 Å². The Labute approximate surface area is 316 Å². The van der Waals surface area contributed by atoms with E-state index in [0.717, 1.165) is 83.0 Å². The van der Waals surface area contributed by atoms with Crippen molar-refractivity contribution in [1.29, 1.82) is 5.26 Å². The van der Waals surface area contributed by atoms with Crippen molar-refractivity contribution in [2.75, 3.05) is 26.2 Å². The van der Waals surface area contributed by atoms with E-state index in [9.17, 15) is 5.11 Å². The zero-order chi connectivity index (χ0) is 37.3. The van der Waals surface area contributed by atoms with Crippen molar-refractivity contribution < 1.29 is 19.3 Å². The van der Waals surface area contributed by atoms with E-state index >= 15 is 0 Å². The van der Waals surface area contributed by atoms with Crippen LogP contribution in [0.4, 0.5) is 0 Å². The number of hydrogen-bond donors (Lipinski definition) is 2. The summed E-state index contributed by atoms with van der Waals surface area (Å²) < 4.78 is 20.9. The average molecular weight is 736 g/mol. The number of nitriles is 1. The van der Waals surface area contributed by atoms with Crippen LogP contribution in [0.15, 0.2) is 67.1 Å². The second-order valence-electron chi connectivity index (χ2n) is 13.4. The van der Waals surface area contributed by atoms with Crippen LogP contribution in [-0.2, 0) is 33.4 Å². The molecule has 12 heteroatoms. The molecule has 1 saturated heterocycles. The number of ether oxygens (including phenoxy) is 3. The lowest BCUT2D eigenvalue weighted by molar-refractivity contribution is 0.173. The van der Waals surface area contributed by atoms with E-state index in [1.54, 1.807) is 18.6 Å². The first-order chi connectivity index (χ1) is 25.7. The Hall–Kier alpha value is -4.99. The van der Waals surface area contributed by atoms with Gasteiger partial charge in [0.25, 0.3) is 0 Å². The Morgan fingerprint density at radius 3 is 2.47 bits per heavy atom. The molecule has 2 N–H and O–H groups in total. The Morgan fingerprint density at radius 1 is 0.925 bits per heavy atom. The quantitative estimate of drug-likeness (QED) is 0.107. The fourth-order valence-corrected chi connectivity index (χ4v) is 6.74. The van der Waals surface area contributed by atoms with Crippen molar-refractivity contribution in [3.05, 3.63) is 117 Å². The average Bonchev–Trinajstić information content (AvgIpc) is 3.73. The molecule has 2 aromatic heterocycles. The summed E-state index contributed by atoms with van der Waals surface area (Å²) in [5, 5.41) is 22.8.